The average molecular weight is 279 g/mol. The second-order valence-electron chi connectivity index (χ2n) is 4.86. The molecule has 21 heavy (non-hydrogen) atoms. The monoisotopic (exact) mass is 279 g/mol. The van der Waals surface area contributed by atoms with Crippen LogP contribution in [-0.4, -0.2) is 5.91 Å². The van der Waals surface area contributed by atoms with Crippen molar-refractivity contribution in [3.8, 4) is 6.07 Å². The van der Waals surface area contributed by atoms with Gasteiger partial charge in [0.1, 0.15) is 0 Å². The number of nitrogens with zero attached hydrogens (tertiary/aromatic N) is 1. The fourth-order valence-electron chi connectivity index (χ4n) is 2.03. The minimum Gasteiger partial charge on any atom is -0.379 e. The first-order valence-electron chi connectivity index (χ1n) is 6.73. The van der Waals surface area contributed by atoms with E-state index in [-0.39, 0.29) is 11.9 Å². The Kier molecular flexibility index (Phi) is 4.57. The largest absolute Gasteiger partial charge is 0.379 e. The molecule has 106 valence electrons. The molecule has 0 saturated heterocycles. The summed E-state index contributed by atoms with van der Waals surface area (Å²) in [5.74, 6) is -0.0818. The first-order valence-corrected chi connectivity index (χ1v) is 6.73. The van der Waals surface area contributed by atoms with Gasteiger partial charge in [-0.25, -0.2) is 0 Å². The predicted molar refractivity (Wildman–Crippen MR) is 83.9 cm³/mol. The quantitative estimate of drug-likeness (QED) is 0.897. The molecule has 0 spiro atoms. The highest BCUT2D eigenvalue weighted by molar-refractivity contribution is 5.88. The smallest absolute Gasteiger partial charge is 0.221 e. The molecule has 0 saturated carbocycles. The van der Waals surface area contributed by atoms with Gasteiger partial charge in [0, 0.05) is 24.3 Å². The Morgan fingerprint density at radius 2 is 1.62 bits per heavy atom. The third-order valence-corrected chi connectivity index (χ3v) is 3.13. The lowest BCUT2D eigenvalue weighted by molar-refractivity contribution is -0.114. The fourth-order valence-corrected chi connectivity index (χ4v) is 2.03. The molecule has 0 radical (unpaired) electrons. The molecule has 1 amide bonds. The predicted octanol–water partition coefficient (Wildman–Crippen LogP) is 3.69. The van der Waals surface area contributed by atoms with Crippen LogP contribution in [0.5, 0.6) is 0 Å². The minimum atomic E-state index is -0.0818. The molecule has 0 aliphatic rings. The number of anilines is 2. The molecule has 4 heteroatoms. The minimum absolute atomic E-state index is 0.0818. The van der Waals surface area contributed by atoms with Crippen LogP contribution in [0.25, 0.3) is 0 Å². The lowest BCUT2D eigenvalue weighted by Gasteiger charge is -2.16. The van der Waals surface area contributed by atoms with Gasteiger partial charge in [-0.2, -0.15) is 5.26 Å². The summed E-state index contributed by atoms with van der Waals surface area (Å²) in [6, 6.07) is 17.3. The van der Waals surface area contributed by atoms with Crippen LogP contribution < -0.4 is 10.6 Å². The Morgan fingerprint density at radius 1 is 1.05 bits per heavy atom. The van der Waals surface area contributed by atoms with E-state index in [0.717, 1.165) is 16.9 Å². The van der Waals surface area contributed by atoms with Gasteiger partial charge in [0.05, 0.1) is 11.6 Å². The van der Waals surface area contributed by atoms with Crippen molar-refractivity contribution in [2.24, 2.45) is 0 Å². The number of carbonyl (C=O) groups excluding carboxylic acids is 1. The zero-order valence-corrected chi connectivity index (χ0v) is 12.1. The summed E-state index contributed by atoms with van der Waals surface area (Å²) in [4.78, 5) is 11.0. The maximum atomic E-state index is 11.0. The summed E-state index contributed by atoms with van der Waals surface area (Å²) in [6.45, 7) is 3.54. The van der Waals surface area contributed by atoms with E-state index in [0.29, 0.717) is 5.56 Å². The molecule has 0 heterocycles. The molecule has 2 N–H and O–H groups in total. The van der Waals surface area contributed by atoms with Gasteiger partial charge < -0.3 is 10.6 Å². The van der Waals surface area contributed by atoms with Crippen molar-refractivity contribution >= 4 is 17.3 Å². The molecule has 2 aromatic carbocycles. The highest BCUT2D eigenvalue weighted by atomic mass is 16.1. The van der Waals surface area contributed by atoms with Gasteiger partial charge >= 0.3 is 0 Å². The third-order valence-electron chi connectivity index (χ3n) is 3.13. The lowest BCUT2D eigenvalue weighted by atomic mass is 10.1. The summed E-state index contributed by atoms with van der Waals surface area (Å²) in [5.41, 5.74) is 3.52. The SMILES string of the molecule is CC(=O)Nc1ccc(NC(C)c2ccc(C#N)cc2)cc1. The molecule has 4 nitrogen and oxygen atoms in total. The molecule has 0 aliphatic heterocycles. The molecule has 0 bridgehead atoms. The van der Waals surface area contributed by atoms with Crippen LogP contribution in [0.1, 0.15) is 31.0 Å². The van der Waals surface area contributed by atoms with E-state index in [2.05, 4.69) is 23.6 Å². The number of hydrogen-bond acceptors (Lipinski definition) is 3. The number of nitriles is 1. The Balaban J connectivity index is 2.03. The van der Waals surface area contributed by atoms with Gasteiger partial charge in [-0.05, 0) is 48.9 Å². The standard InChI is InChI=1S/C17H17N3O/c1-12(15-5-3-14(11-18)4-6-15)19-16-7-9-17(10-8-16)20-13(2)21/h3-10,12,19H,1-2H3,(H,20,21). The van der Waals surface area contributed by atoms with Crippen molar-refractivity contribution < 1.29 is 4.79 Å². The van der Waals surface area contributed by atoms with E-state index < -0.39 is 0 Å². The molecular formula is C17H17N3O. The molecule has 2 aromatic rings. The maximum absolute atomic E-state index is 11.0. The topological polar surface area (TPSA) is 64.9 Å². The molecule has 1 atom stereocenters. The van der Waals surface area contributed by atoms with E-state index in [1.165, 1.54) is 6.92 Å². The molecule has 0 fully saturated rings. The Hall–Kier alpha value is -2.80. The molecule has 0 aromatic heterocycles. The normalized spacial score (nSPS) is 11.3. The second-order valence-corrected chi connectivity index (χ2v) is 4.86. The number of benzene rings is 2. The average Bonchev–Trinajstić information content (AvgIpc) is 2.49. The second kappa shape index (κ2) is 6.58. The van der Waals surface area contributed by atoms with Crippen LogP contribution in [0.15, 0.2) is 48.5 Å². The van der Waals surface area contributed by atoms with Crippen molar-refractivity contribution in [2.45, 2.75) is 19.9 Å². The zero-order valence-electron chi connectivity index (χ0n) is 12.1. The maximum Gasteiger partial charge on any atom is 0.221 e. The lowest BCUT2D eigenvalue weighted by Crippen LogP contribution is -2.08. The van der Waals surface area contributed by atoms with Gasteiger partial charge in [-0.15, -0.1) is 0 Å². The summed E-state index contributed by atoms with van der Waals surface area (Å²) in [6.07, 6.45) is 0. The van der Waals surface area contributed by atoms with Crippen molar-refractivity contribution in [3.05, 3.63) is 59.7 Å². The Morgan fingerprint density at radius 3 is 2.14 bits per heavy atom. The van der Waals surface area contributed by atoms with Crippen molar-refractivity contribution in [1.82, 2.24) is 0 Å². The van der Waals surface area contributed by atoms with Crippen molar-refractivity contribution in [1.29, 1.82) is 5.26 Å². The number of nitrogens with one attached hydrogen (secondary N) is 2. The Bertz CT molecular complexity index is 654. The zero-order chi connectivity index (χ0) is 15.2. The van der Waals surface area contributed by atoms with E-state index in [1.54, 1.807) is 0 Å². The van der Waals surface area contributed by atoms with Crippen LogP contribution >= 0.6 is 0 Å². The van der Waals surface area contributed by atoms with E-state index in [9.17, 15) is 4.79 Å². The number of amides is 1. The van der Waals surface area contributed by atoms with Crippen LogP contribution in [0.2, 0.25) is 0 Å². The van der Waals surface area contributed by atoms with E-state index in [1.807, 2.05) is 48.5 Å². The summed E-state index contributed by atoms with van der Waals surface area (Å²) < 4.78 is 0. The van der Waals surface area contributed by atoms with Crippen LogP contribution in [0.4, 0.5) is 11.4 Å². The molecule has 1 unspecified atom stereocenters. The van der Waals surface area contributed by atoms with Gasteiger partial charge in [0.25, 0.3) is 0 Å². The van der Waals surface area contributed by atoms with Gasteiger partial charge in [0.15, 0.2) is 0 Å². The number of rotatable bonds is 4. The van der Waals surface area contributed by atoms with Crippen molar-refractivity contribution in [3.63, 3.8) is 0 Å². The Labute approximate surface area is 124 Å². The molecule has 2 rings (SSSR count). The third kappa shape index (κ3) is 4.08. The van der Waals surface area contributed by atoms with Crippen LogP contribution in [0.3, 0.4) is 0 Å². The fraction of sp³-hybridized carbons (Fsp3) is 0.176. The molecule has 0 aliphatic carbocycles. The van der Waals surface area contributed by atoms with Crippen LogP contribution in [0, 0.1) is 11.3 Å². The number of hydrogen-bond donors (Lipinski definition) is 2. The summed E-state index contributed by atoms with van der Waals surface area (Å²) in [7, 11) is 0. The first kappa shape index (κ1) is 14.6. The van der Waals surface area contributed by atoms with Crippen molar-refractivity contribution in [2.75, 3.05) is 10.6 Å². The van der Waals surface area contributed by atoms with E-state index in [4.69, 9.17) is 5.26 Å². The van der Waals surface area contributed by atoms with Gasteiger partial charge in [-0.1, -0.05) is 12.1 Å². The highest BCUT2D eigenvalue weighted by Gasteiger charge is 2.05. The van der Waals surface area contributed by atoms with Gasteiger partial charge in [-0.3, -0.25) is 4.79 Å². The number of carbonyl (C=O) groups is 1. The highest BCUT2D eigenvalue weighted by Crippen LogP contribution is 2.21. The van der Waals surface area contributed by atoms with Crippen LogP contribution in [-0.2, 0) is 4.79 Å². The van der Waals surface area contributed by atoms with Gasteiger partial charge in [0.2, 0.25) is 5.91 Å². The summed E-state index contributed by atoms with van der Waals surface area (Å²) >= 11 is 0. The van der Waals surface area contributed by atoms with E-state index >= 15 is 0 Å². The molecular weight excluding hydrogens is 262 g/mol. The first-order chi connectivity index (χ1) is 10.1. The summed E-state index contributed by atoms with van der Waals surface area (Å²) in [5, 5.41) is 14.9.